The number of nitro groups is 1. The Labute approximate surface area is 133 Å². The summed E-state index contributed by atoms with van der Waals surface area (Å²) in [5.74, 6) is -0.404. The average molecular weight is 318 g/mol. The van der Waals surface area contributed by atoms with E-state index in [-0.39, 0.29) is 29.6 Å². The van der Waals surface area contributed by atoms with Gasteiger partial charge in [0.2, 0.25) is 0 Å². The van der Waals surface area contributed by atoms with Crippen molar-refractivity contribution in [2.75, 3.05) is 12.3 Å². The van der Waals surface area contributed by atoms with Crippen molar-refractivity contribution in [3.8, 4) is 5.69 Å². The number of esters is 1. The molecule has 0 bridgehead atoms. The van der Waals surface area contributed by atoms with Crippen LogP contribution >= 0.6 is 0 Å². The van der Waals surface area contributed by atoms with Gasteiger partial charge in [0, 0.05) is 12.1 Å². The largest absolute Gasteiger partial charge is 0.462 e. The number of hydrogen-bond donors (Lipinski definition) is 1. The second kappa shape index (κ2) is 6.47. The summed E-state index contributed by atoms with van der Waals surface area (Å²) in [6, 6.07) is 5.77. The molecule has 2 rings (SSSR count). The third-order valence-corrected chi connectivity index (χ3v) is 3.28. The Balaban J connectivity index is 2.53. The van der Waals surface area contributed by atoms with Crippen LogP contribution in [0.1, 0.15) is 42.7 Å². The molecule has 8 nitrogen and oxygen atoms in total. The summed E-state index contributed by atoms with van der Waals surface area (Å²) < 4.78 is 6.43. The number of hydrogen-bond acceptors (Lipinski definition) is 6. The van der Waals surface area contributed by atoms with Crippen LogP contribution in [0.3, 0.4) is 0 Å². The molecule has 0 saturated heterocycles. The second-order valence-corrected chi connectivity index (χ2v) is 5.21. The normalized spacial score (nSPS) is 10.8. The minimum Gasteiger partial charge on any atom is -0.462 e. The zero-order valence-corrected chi connectivity index (χ0v) is 13.1. The van der Waals surface area contributed by atoms with Gasteiger partial charge in [-0.05, 0) is 25.0 Å². The maximum atomic E-state index is 12.1. The van der Waals surface area contributed by atoms with Crippen LogP contribution in [-0.2, 0) is 4.74 Å². The summed E-state index contributed by atoms with van der Waals surface area (Å²) in [4.78, 5) is 22.4. The fraction of sp³-hybridized carbons (Fsp3) is 0.333. The summed E-state index contributed by atoms with van der Waals surface area (Å²) in [5, 5.41) is 15.1. The number of carbonyl (C=O) groups is 1. The highest BCUT2D eigenvalue weighted by Crippen LogP contribution is 2.28. The molecule has 0 aliphatic rings. The number of nitrogen functional groups attached to an aromatic ring is 1. The van der Waals surface area contributed by atoms with Gasteiger partial charge in [-0.15, -0.1) is 0 Å². The molecular formula is C15H18N4O4. The van der Waals surface area contributed by atoms with Gasteiger partial charge in [-0.2, -0.15) is 5.10 Å². The third kappa shape index (κ3) is 3.15. The Hall–Kier alpha value is -2.90. The van der Waals surface area contributed by atoms with Crippen LogP contribution in [0, 0.1) is 10.1 Å². The number of anilines is 1. The Kier molecular flexibility index (Phi) is 4.63. The highest BCUT2D eigenvalue weighted by molar-refractivity contribution is 5.96. The fourth-order valence-electron chi connectivity index (χ4n) is 2.18. The number of ether oxygens (including phenoxy) is 1. The van der Waals surface area contributed by atoms with E-state index in [9.17, 15) is 14.9 Å². The molecule has 1 heterocycles. The fourth-order valence-corrected chi connectivity index (χ4v) is 2.18. The Morgan fingerprint density at radius 3 is 2.48 bits per heavy atom. The lowest BCUT2D eigenvalue weighted by Gasteiger charge is -2.05. The van der Waals surface area contributed by atoms with Crippen LogP contribution in [0.25, 0.3) is 5.69 Å². The molecule has 1 aromatic carbocycles. The number of benzene rings is 1. The lowest BCUT2D eigenvalue weighted by molar-refractivity contribution is -0.384. The van der Waals surface area contributed by atoms with Crippen LogP contribution in [0.2, 0.25) is 0 Å². The number of nitrogens with zero attached hydrogens (tertiary/aromatic N) is 3. The van der Waals surface area contributed by atoms with Crippen molar-refractivity contribution in [3.05, 3.63) is 45.6 Å². The first-order valence-corrected chi connectivity index (χ1v) is 7.17. The van der Waals surface area contributed by atoms with Gasteiger partial charge < -0.3 is 10.5 Å². The topological polar surface area (TPSA) is 113 Å². The van der Waals surface area contributed by atoms with E-state index in [0.717, 1.165) is 0 Å². The molecule has 0 fully saturated rings. The number of nitro benzene ring substituents is 1. The van der Waals surface area contributed by atoms with Gasteiger partial charge in [0.05, 0.1) is 22.9 Å². The van der Waals surface area contributed by atoms with Crippen molar-refractivity contribution in [3.63, 3.8) is 0 Å². The van der Waals surface area contributed by atoms with E-state index in [0.29, 0.717) is 11.4 Å². The van der Waals surface area contributed by atoms with E-state index in [1.807, 2.05) is 13.8 Å². The SMILES string of the molecule is CCOC(=O)c1c(C(C)C)nn(-c2ccc([N+](=O)[O-])cc2)c1N. The number of non-ortho nitro benzene ring substituents is 1. The van der Waals surface area contributed by atoms with E-state index in [1.165, 1.54) is 28.9 Å². The summed E-state index contributed by atoms with van der Waals surface area (Å²) in [6.07, 6.45) is 0. The van der Waals surface area contributed by atoms with Gasteiger partial charge in [-0.1, -0.05) is 13.8 Å². The van der Waals surface area contributed by atoms with Gasteiger partial charge in [0.15, 0.2) is 0 Å². The Morgan fingerprint density at radius 2 is 2.00 bits per heavy atom. The maximum Gasteiger partial charge on any atom is 0.343 e. The van der Waals surface area contributed by atoms with Crippen LogP contribution in [0.15, 0.2) is 24.3 Å². The molecule has 0 spiro atoms. The maximum absolute atomic E-state index is 12.1. The van der Waals surface area contributed by atoms with Crippen molar-refractivity contribution in [2.24, 2.45) is 0 Å². The first-order valence-electron chi connectivity index (χ1n) is 7.17. The van der Waals surface area contributed by atoms with Crippen molar-refractivity contribution < 1.29 is 14.5 Å². The minimum atomic E-state index is -0.526. The monoisotopic (exact) mass is 318 g/mol. The summed E-state index contributed by atoms with van der Waals surface area (Å²) >= 11 is 0. The Bertz CT molecular complexity index is 735. The minimum absolute atomic E-state index is 0.0315. The molecule has 2 N–H and O–H groups in total. The number of aromatic nitrogens is 2. The molecular weight excluding hydrogens is 300 g/mol. The highest BCUT2D eigenvalue weighted by Gasteiger charge is 2.25. The summed E-state index contributed by atoms with van der Waals surface area (Å²) in [5.41, 5.74) is 7.33. The summed E-state index contributed by atoms with van der Waals surface area (Å²) in [6.45, 7) is 5.73. The van der Waals surface area contributed by atoms with E-state index >= 15 is 0 Å². The average Bonchev–Trinajstić information content (AvgIpc) is 2.85. The predicted molar refractivity (Wildman–Crippen MR) is 84.7 cm³/mol. The highest BCUT2D eigenvalue weighted by atomic mass is 16.6. The lowest BCUT2D eigenvalue weighted by atomic mass is 10.1. The second-order valence-electron chi connectivity index (χ2n) is 5.21. The molecule has 0 saturated carbocycles. The smallest absolute Gasteiger partial charge is 0.343 e. The number of nitrogens with two attached hydrogens (primary N) is 1. The zero-order valence-electron chi connectivity index (χ0n) is 13.1. The molecule has 23 heavy (non-hydrogen) atoms. The Morgan fingerprint density at radius 1 is 1.39 bits per heavy atom. The van der Waals surface area contributed by atoms with Gasteiger partial charge >= 0.3 is 5.97 Å². The molecule has 2 aromatic rings. The zero-order chi connectivity index (χ0) is 17.1. The van der Waals surface area contributed by atoms with E-state index in [2.05, 4.69) is 5.10 Å². The summed E-state index contributed by atoms with van der Waals surface area (Å²) in [7, 11) is 0. The van der Waals surface area contributed by atoms with Gasteiger partial charge in [0.25, 0.3) is 5.69 Å². The van der Waals surface area contributed by atoms with Crippen molar-refractivity contribution in [2.45, 2.75) is 26.7 Å². The van der Waals surface area contributed by atoms with E-state index in [4.69, 9.17) is 10.5 Å². The first-order chi connectivity index (χ1) is 10.9. The van der Waals surface area contributed by atoms with Crippen LogP contribution in [-0.4, -0.2) is 27.3 Å². The van der Waals surface area contributed by atoms with Crippen molar-refractivity contribution in [1.29, 1.82) is 0 Å². The van der Waals surface area contributed by atoms with E-state index in [1.54, 1.807) is 6.92 Å². The van der Waals surface area contributed by atoms with Crippen LogP contribution in [0.5, 0.6) is 0 Å². The molecule has 8 heteroatoms. The third-order valence-electron chi connectivity index (χ3n) is 3.28. The van der Waals surface area contributed by atoms with Crippen LogP contribution in [0.4, 0.5) is 11.5 Å². The standard InChI is InChI=1S/C15H18N4O4/c1-4-23-15(20)12-13(9(2)3)17-18(14(12)16)10-5-7-11(8-6-10)19(21)22/h5-9H,4,16H2,1-3H3. The molecule has 0 unspecified atom stereocenters. The van der Waals surface area contributed by atoms with Crippen molar-refractivity contribution >= 4 is 17.5 Å². The van der Waals surface area contributed by atoms with Gasteiger partial charge in [0.1, 0.15) is 11.4 Å². The molecule has 0 atom stereocenters. The molecule has 0 aliphatic heterocycles. The number of rotatable bonds is 5. The molecule has 1 aromatic heterocycles. The first kappa shape index (κ1) is 16.5. The number of carbonyl (C=O) groups excluding carboxylic acids is 1. The van der Waals surface area contributed by atoms with E-state index < -0.39 is 10.9 Å². The van der Waals surface area contributed by atoms with Crippen molar-refractivity contribution in [1.82, 2.24) is 9.78 Å². The molecule has 0 amide bonds. The quantitative estimate of drug-likeness (QED) is 0.515. The molecule has 0 aliphatic carbocycles. The molecule has 0 radical (unpaired) electrons. The predicted octanol–water partition coefficient (Wildman–Crippen LogP) is 2.66. The molecule has 122 valence electrons. The van der Waals surface area contributed by atoms with Crippen LogP contribution < -0.4 is 5.73 Å². The lowest BCUT2D eigenvalue weighted by Crippen LogP contribution is -2.10. The van der Waals surface area contributed by atoms with Gasteiger partial charge in [-0.3, -0.25) is 10.1 Å². The van der Waals surface area contributed by atoms with Gasteiger partial charge in [-0.25, -0.2) is 9.48 Å².